The molecule has 0 radical (unpaired) electrons. The summed E-state index contributed by atoms with van der Waals surface area (Å²) >= 11 is 1.28. The van der Waals surface area contributed by atoms with Crippen LogP contribution in [0.5, 0.6) is 17.2 Å². The van der Waals surface area contributed by atoms with Gasteiger partial charge in [-0.2, -0.15) is 0 Å². The number of hydrogen-bond acceptors (Lipinski definition) is 8. The van der Waals surface area contributed by atoms with Crippen LogP contribution >= 0.6 is 11.3 Å². The zero-order valence-electron chi connectivity index (χ0n) is 23.7. The number of nitrogens with zero attached hydrogens (tertiary/aromatic N) is 2. The summed E-state index contributed by atoms with van der Waals surface area (Å²) in [6, 6.07) is 20.5. The van der Waals surface area contributed by atoms with Crippen molar-refractivity contribution in [2.24, 2.45) is 4.99 Å². The number of carbonyl (C=O) groups excluding carboxylic acids is 1. The second kappa shape index (κ2) is 10.6. The SMILES string of the molecule is CCOC(=O)C1=C(C)N=c2sc(=Cc3c(-c4ccccc4)[nH]c4c(OC)cccc34)c(=O)n2C1c1ccc2c(c1)OCO2. The minimum Gasteiger partial charge on any atom is -0.495 e. The Balaban J connectivity index is 1.48. The van der Waals surface area contributed by atoms with E-state index in [0.717, 1.165) is 27.7 Å². The molecule has 0 saturated carbocycles. The van der Waals surface area contributed by atoms with E-state index < -0.39 is 12.0 Å². The van der Waals surface area contributed by atoms with Crippen molar-refractivity contribution >= 4 is 34.3 Å². The molecule has 0 spiro atoms. The van der Waals surface area contributed by atoms with Crippen molar-refractivity contribution in [3.8, 4) is 28.5 Å². The maximum absolute atomic E-state index is 14.3. The molecular weight excluding hydrogens is 566 g/mol. The van der Waals surface area contributed by atoms with Gasteiger partial charge in [0, 0.05) is 10.9 Å². The van der Waals surface area contributed by atoms with E-state index in [1.807, 2.05) is 66.7 Å². The largest absolute Gasteiger partial charge is 0.495 e. The second-order valence-corrected chi connectivity index (χ2v) is 11.1. The highest BCUT2D eigenvalue weighted by Crippen LogP contribution is 2.39. The zero-order valence-corrected chi connectivity index (χ0v) is 24.5. The number of ether oxygens (including phenoxy) is 4. The second-order valence-electron chi connectivity index (χ2n) is 10.1. The first kappa shape index (κ1) is 26.8. The highest BCUT2D eigenvalue weighted by atomic mass is 32.1. The third-order valence-corrected chi connectivity index (χ3v) is 8.61. The van der Waals surface area contributed by atoms with E-state index in [0.29, 0.717) is 43.4 Å². The maximum Gasteiger partial charge on any atom is 0.338 e. The molecule has 7 rings (SSSR count). The van der Waals surface area contributed by atoms with Gasteiger partial charge < -0.3 is 23.9 Å². The summed E-state index contributed by atoms with van der Waals surface area (Å²) < 4.78 is 24.2. The number of H-pyrrole nitrogens is 1. The van der Waals surface area contributed by atoms with Crippen LogP contribution in [0.4, 0.5) is 0 Å². The molecule has 9 nitrogen and oxygen atoms in total. The summed E-state index contributed by atoms with van der Waals surface area (Å²) in [5.74, 6) is 1.35. The molecule has 0 saturated heterocycles. The van der Waals surface area contributed by atoms with Crippen LogP contribution in [0.1, 0.15) is 31.0 Å². The highest BCUT2D eigenvalue weighted by Gasteiger charge is 2.34. The number of aromatic nitrogens is 2. The summed E-state index contributed by atoms with van der Waals surface area (Å²) in [5, 5.41) is 0.916. The molecule has 0 bridgehead atoms. The lowest BCUT2D eigenvalue weighted by Crippen LogP contribution is -2.39. The Labute approximate surface area is 249 Å². The fourth-order valence-corrected chi connectivity index (χ4v) is 6.71. The average Bonchev–Trinajstić information content (AvgIpc) is 3.72. The molecule has 0 aliphatic carbocycles. The van der Waals surface area contributed by atoms with Crippen molar-refractivity contribution in [2.45, 2.75) is 19.9 Å². The van der Waals surface area contributed by atoms with Gasteiger partial charge in [-0.25, -0.2) is 9.79 Å². The van der Waals surface area contributed by atoms with Gasteiger partial charge in [-0.15, -0.1) is 0 Å². The van der Waals surface area contributed by atoms with Crippen LogP contribution in [0, 0.1) is 0 Å². The number of nitrogens with one attached hydrogen (secondary N) is 1. The molecule has 4 heterocycles. The fourth-order valence-electron chi connectivity index (χ4n) is 5.69. The molecule has 1 atom stereocenters. The lowest BCUT2D eigenvalue weighted by atomic mass is 9.95. The van der Waals surface area contributed by atoms with Crippen LogP contribution < -0.4 is 29.1 Å². The summed E-state index contributed by atoms with van der Waals surface area (Å²) in [7, 11) is 1.63. The van der Waals surface area contributed by atoms with Gasteiger partial charge in [-0.3, -0.25) is 9.36 Å². The number of carbonyl (C=O) groups is 1. The number of rotatable bonds is 6. The van der Waals surface area contributed by atoms with Gasteiger partial charge >= 0.3 is 5.97 Å². The van der Waals surface area contributed by atoms with Crippen molar-refractivity contribution < 1.29 is 23.7 Å². The van der Waals surface area contributed by atoms with E-state index in [1.54, 1.807) is 31.6 Å². The third kappa shape index (κ3) is 4.42. The number of aromatic amines is 1. The molecule has 2 aliphatic rings. The first-order valence-corrected chi connectivity index (χ1v) is 14.6. The first-order chi connectivity index (χ1) is 21.0. The van der Waals surface area contributed by atoms with Crippen molar-refractivity contribution in [2.75, 3.05) is 20.5 Å². The van der Waals surface area contributed by atoms with Gasteiger partial charge in [-0.1, -0.05) is 59.9 Å². The number of allylic oxidation sites excluding steroid dienone is 1. The van der Waals surface area contributed by atoms with Crippen molar-refractivity contribution in [3.63, 3.8) is 0 Å². The van der Waals surface area contributed by atoms with E-state index in [1.165, 1.54) is 11.3 Å². The van der Waals surface area contributed by atoms with Gasteiger partial charge in [-0.05, 0) is 49.2 Å². The number of para-hydroxylation sites is 1. The maximum atomic E-state index is 14.3. The van der Waals surface area contributed by atoms with Gasteiger partial charge in [0.05, 0.1) is 46.8 Å². The quantitative estimate of drug-likeness (QED) is 0.287. The highest BCUT2D eigenvalue weighted by molar-refractivity contribution is 7.07. The Kier molecular flexibility index (Phi) is 6.62. The number of fused-ring (bicyclic) bond motifs is 3. The number of benzene rings is 3. The fraction of sp³-hybridized carbons (Fsp3) is 0.182. The molecule has 2 aromatic heterocycles. The molecule has 0 amide bonds. The lowest BCUT2D eigenvalue weighted by molar-refractivity contribution is -0.139. The molecule has 3 aromatic carbocycles. The first-order valence-electron chi connectivity index (χ1n) is 13.8. The van der Waals surface area contributed by atoms with Gasteiger partial charge in [0.2, 0.25) is 6.79 Å². The average molecular weight is 594 g/mol. The zero-order chi connectivity index (χ0) is 29.7. The molecule has 5 aromatic rings. The number of esters is 1. The van der Waals surface area contributed by atoms with Gasteiger partial charge in [0.15, 0.2) is 16.3 Å². The predicted molar refractivity (Wildman–Crippen MR) is 163 cm³/mol. The molecule has 43 heavy (non-hydrogen) atoms. The van der Waals surface area contributed by atoms with Gasteiger partial charge in [0.1, 0.15) is 5.75 Å². The smallest absolute Gasteiger partial charge is 0.338 e. The Morgan fingerprint density at radius 3 is 2.72 bits per heavy atom. The van der Waals surface area contributed by atoms with Crippen molar-refractivity contribution in [1.29, 1.82) is 0 Å². The summed E-state index contributed by atoms with van der Waals surface area (Å²) in [4.78, 5) is 36.3. The van der Waals surface area contributed by atoms with E-state index >= 15 is 0 Å². The predicted octanol–water partition coefficient (Wildman–Crippen LogP) is 4.68. The standard InChI is InChI=1S/C33H27N3O6S/c1-4-40-32(38)27-18(2)34-33-36(30(27)20-13-14-23-25(15-20)42-17-41-23)31(37)26(43-33)16-22-21-11-8-12-24(39-3)29(21)35-28(22)19-9-6-5-7-10-19/h5-16,30,35H,4,17H2,1-3H3. The normalized spacial score (nSPS) is 15.9. The van der Waals surface area contributed by atoms with E-state index in [-0.39, 0.29) is 19.0 Å². The van der Waals surface area contributed by atoms with Crippen LogP contribution in [0.15, 0.2) is 87.8 Å². The molecule has 216 valence electrons. The molecule has 10 heteroatoms. The van der Waals surface area contributed by atoms with Crippen molar-refractivity contribution in [3.05, 3.63) is 109 Å². The van der Waals surface area contributed by atoms with E-state index in [4.69, 9.17) is 23.9 Å². The van der Waals surface area contributed by atoms with E-state index in [2.05, 4.69) is 4.98 Å². The third-order valence-electron chi connectivity index (χ3n) is 7.62. The van der Waals surface area contributed by atoms with Crippen LogP contribution in [-0.4, -0.2) is 36.0 Å². The Hall–Kier alpha value is -5.09. The molecular formula is C33H27N3O6S. The van der Waals surface area contributed by atoms with Crippen LogP contribution in [-0.2, 0) is 9.53 Å². The Morgan fingerprint density at radius 1 is 1.12 bits per heavy atom. The molecule has 2 aliphatic heterocycles. The summed E-state index contributed by atoms with van der Waals surface area (Å²) in [5.41, 5.74) is 4.75. The van der Waals surface area contributed by atoms with Crippen molar-refractivity contribution in [1.82, 2.24) is 9.55 Å². The summed E-state index contributed by atoms with van der Waals surface area (Å²) in [6.07, 6.45) is 1.89. The molecule has 0 fully saturated rings. The summed E-state index contributed by atoms with van der Waals surface area (Å²) in [6.45, 7) is 3.82. The monoisotopic (exact) mass is 593 g/mol. The Bertz CT molecular complexity index is 2120. The minimum absolute atomic E-state index is 0.111. The van der Waals surface area contributed by atoms with Crippen LogP contribution in [0.3, 0.4) is 0 Å². The Morgan fingerprint density at radius 2 is 1.93 bits per heavy atom. The van der Waals surface area contributed by atoms with Gasteiger partial charge in [0.25, 0.3) is 5.56 Å². The lowest BCUT2D eigenvalue weighted by Gasteiger charge is -2.24. The number of thiazole rings is 1. The topological polar surface area (TPSA) is 104 Å². The molecule has 1 unspecified atom stereocenters. The van der Waals surface area contributed by atoms with Crippen LogP contribution in [0.25, 0.3) is 28.2 Å². The number of hydrogen-bond donors (Lipinski definition) is 1. The van der Waals surface area contributed by atoms with E-state index in [9.17, 15) is 9.59 Å². The van der Waals surface area contributed by atoms with Crippen LogP contribution in [0.2, 0.25) is 0 Å². The number of methoxy groups -OCH3 is 1. The minimum atomic E-state index is -0.761. The molecule has 1 N–H and O–H groups in total.